The van der Waals surface area contributed by atoms with Gasteiger partial charge in [-0.05, 0) is 5.56 Å². The smallest absolute Gasteiger partial charge is 0.307 e. The van der Waals surface area contributed by atoms with Gasteiger partial charge in [0.25, 0.3) is 0 Å². The number of nitrogens with two attached hydrogens (primary N) is 2. The van der Waals surface area contributed by atoms with Crippen molar-refractivity contribution in [1.29, 1.82) is 0 Å². The number of hydrogen-bond donors (Lipinski definition) is 3. The van der Waals surface area contributed by atoms with Crippen LogP contribution in [0.4, 0.5) is 0 Å². The molecule has 0 aliphatic heterocycles. The molecule has 0 saturated carbocycles. The van der Waals surface area contributed by atoms with Gasteiger partial charge in [0.2, 0.25) is 0 Å². The molecule has 0 atom stereocenters. The number of nitrogens with zero attached hydrogens (tertiary/aromatic N) is 2. The lowest BCUT2D eigenvalue weighted by molar-refractivity contribution is -0.136. The van der Waals surface area contributed by atoms with E-state index in [9.17, 15) is 4.79 Å². The highest BCUT2D eigenvalue weighted by Crippen LogP contribution is 2.05. The molecule has 1 aromatic rings. The zero-order valence-electron chi connectivity index (χ0n) is 8.50. The van der Waals surface area contributed by atoms with Crippen molar-refractivity contribution in [3.05, 3.63) is 35.4 Å². The van der Waals surface area contributed by atoms with E-state index in [1.807, 2.05) is 0 Å². The van der Waals surface area contributed by atoms with E-state index in [0.717, 1.165) is 6.34 Å². The predicted octanol–water partition coefficient (Wildman–Crippen LogP) is -0.0790. The largest absolute Gasteiger partial charge is 0.481 e. The fourth-order valence-electron chi connectivity index (χ4n) is 1.12. The first-order valence-electron chi connectivity index (χ1n) is 4.51. The molecule has 0 unspecified atom stereocenters. The van der Waals surface area contributed by atoms with Crippen LogP contribution in [0.5, 0.6) is 0 Å². The molecule has 1 rings (SSSR count). The summed E-state index contributed by atoms with van der Waals surface area (Å²) < 4.78 is 0. The SMILES string of the molecule is N/C=N\N=C(/N)c1ccc(CC(=O)O)cc1. The van der Waals surface area contributed by atoms with Crippen molar-refractivity contribution in [2.45, 2.75) is 6.42 Å². The first-order valence-corrected chi connectivity index (χ1v) is 4.51. The van der Waals surface area contributed by atoms with Crippen LogP contribution in [0.2, 0.25) is 0 Å². The van der Waals surface area contributed by atoms with Gasteiger partial charge in [-0.15, -0.1) is 10.2 Å². The first kappa shape index (κ1) is 11.7. The van der Waals surface area contributed by atoms with E-state index in [4.69, 9.17) is 16.6 Å². The fourth-order valence-corrected chi connectivity index (χ4v) is 1.12. The van der Waals surface area contributed by atoms with E-state index in [1.165, 1.54) is 0 Å². The number of benzene rings is 1. The van der Waals surface area contributed by atoms with Gasteiger partial charge in [-0.1, -0.05) is 24.3 Å². The van der Waals surface area contributed by atoms with Crippen molar-refractivity contribution >= 4 is 18.1 Å². The molecule has 0 aliphatic rings. The van der Waals surface area contributed by atoms with Crippen molar-refractivity contribution in [3.8, 4) is 0 Å². The van der Waals surface area contributed by atoms with Crippen molar-refractivity contribution in [3.63, 3.8) is 0 Å². The second-order valence-corrected chi connectivity index (χ2v) is 3.02. The minimum absolute atomic E-state index is 0.0156. The lowest BCUT2D eigenvalue weighted by Crippen LogP contribution is -2.13. The van der Waals surface area contributed by atoms with Gasteiger partial charge < -0.3 is 16.6 Å². The highest BCUT2D eigenvalue weighted by atomic mass is 16.4. The van der Waals surface area contributed by atoms with Gasteiger partial charge in [-0.2, -0.15) is 0 Å². The lowest BCUT2D eigenvalue weighted by Gasteiger charge is -2.00. The Morgan fingerprint density at radius 1 is 1.38 bits per heavy atom. The predicted molar refractivity (Wildman–Crippen MR) is 61.2 cm³/mol. The number of amidine groups is 1. The summed E-state index contributed by atoms with van der Waals surface area (Å²) in [5.74, 6) is -0.648. The van der Waals surface area contributed by atoms with Crippen LogP contribution < -0.4 is 11.5 Å². The molecule has 6 nitrogen and oxygen atoms in total. The number of rotatable bonds is 4. The van der Waals surface area contributed by atoms with E-state index in [1.54, 1.807) is 24.3 Å². The number of carbonyl (C=O) groups is 1. The minimum atomic E-state index is -0.873. The highest BCUT2D eigenvalue weighted by molar-refractivity contribution is 5.97. The Hall–Kier alpha value is -2.37. The molecule has 0 spiro atoms. The van der Waals surface area contributed by atoms with Crippen molar-refractivity contribution in [2.75, 3.05) is 0 Å². The first-order chi connectivity index (χ1) is 7.63. The van der Waals surface area contributed by atoms with Gasteiger partial charge in [-0.3, -0.25) is 4.79 Å². The van der Waals surface area contributed by atoms with Crippen LogP contribution in [-0.4, -0.2) is 23.2 Å². The number of hydrogen-bond acceptors (Lipinski definition) is 3. The van der Waals surface area contributed by atoms with Crippen LogP contribution >= 0.6 is 0 Å². The van der Waals surface area contributed by atoms with Crippen molar-refractivity contribution < 1.29 is 9.90 Å². The quantitative estimate of drug-likeness (QED) is 0.374. The van der Waals surface area contributed by atoms with Crippen molar-refractivity contribution in [2.24, 2.45) is 21.7 Å². The van der Waals surface area contributed by atoms with Gasteiger partial charge >= 0.3 is 5.97 Å². The zero-order valence-corrected chi connectivity index (χ0v) is 8.50. The second kappa shape index (κ2) is 5.50. The molecule has 5 N–H and O–H groups in total. The van der Waals surface area contributed by atoms with E-state index in [-0.39, 0.29) is 12.3 Å². The maximum absolute atomic E-state index is 10.4. The van der Waals surface area contributed by atoms with E-state index in [0.29, 0.717) is 11.1 Å². The maximum Gasteiger partial charge on any atom is 0.307 e. The zero-order chi connectivity index (χ0) is 12.0. The minimum Gasteiger partial charge on any atom is -0.481 e. The molecule has 0 aliphatic carbocycles. The summed E-state index contributed by atoms with van der Waals surface area (Å²) in [7, 11) is 0. The number of carboxylic acid groups (broad SMARTS) is 1. The van der Waals surface area contributed by atoms with Crippen molar-refractivity contribution in [1.82, 2.24) is 0 Å². The summed E-state index contributed by atoms with van der Waals surface area (Å²) in [5.41, 5.74) is 12.0. The van der Waals surface area contributed by atoms with Crippen LogP contribution in [0.15, 0.2) is 34.5 Å². The molecule has 16 heavy (non-hydrogen) atoms. The molecule has 0 amide bonds. The van der Waals surface area contributed by atoms with Gasteiger partial charge in [-0.25, -0.2) is 0 Å². The summed E-state index contributed by atoms with van der Waals surface area (Å²) in [6.45, 7) is 0. The third kappa shape index (κ3) is 3.41. The molecule has 0 saturated heterocycles. The van der Waals surface area contributed by atoms with Crippen LogP contribution in [0.25, 0.3) is 0 Å². The summed E-state index contributed by atoms with van der Waals surface area (Å²) >= 11 is 0. The lowest BCUT2D eigenvalue weighted by atomic mass is 10.1. The Balaban J connectivity index is 2.82. The Kier molecular flexibility index (Phi) is 4.02. The van der Waals surface area contributed by atoms with E-state index >= 15 is 0 Å². The average molecular weight is 220 g/mol. The molecule has 0 heterocycles. The van der Waals surface area contributed by atoms with Crippen LogP contribution in [0.1, 0.15) is 11.1 Å². The molecule has 0 bridgehead atoms. The third-order valence-electron chi connectivity index (χ3n) is 1.84. The Morgan fingerprint density at radius 3 is 2.50 bits per heavy atom. The molecule has 84 valence electrons. The Bertz CT molecular complexity index is 423. The topological polar surface area (TPSA) is 114 Å². The average Bonchev–Trinajstić information content (AvgIpc) is 2.26. The van der Waals surface area contributed by atoms with Crippen LogP contribution in [0, 0.1) is 0 Å². The Morgan fingerprint density at radius 2 is 2.00 bits per heavy atom. The molecular weight excluding hydrogens is 208 g/mol. The molecular formula is C10H12N4O2. The number of carboxylic acids is 1. The second-order valence-electron chi connectivity index (χ2n) is 3.02. The van der Waals surface area contributed by atoms with Crippen LogP contribution in [-0.2, 0) is 11.2 Å². The summed E-state index contributed by atoms with van der Waals surface area (Å²) in [6.07, 6.45) is 1.02. The van der Waals surface area contributed by atoms with Gasteiger partial charge in [0, 0.05) is 5.56 Å². The van der Waals surface area contributed by atoms with E-state index in [2.05, 4.69) is 10.2 Å². The molecule has 0 fully saturated rings. The summed E-state index contributed by atoms with van der Waals surface area (Å²) in [4.78, 5) is 10.4. The highest BCUT2D eigenvalue weighted by Gasteiger charge is 2.02. The fraction of sp³-hybridized carbons (Fsp3) is 0.100. The maximum atomic E-state index is 10.4. The normalized spacial score (nSPS) is 11.9. The van der Waals surface area contributed by atoms with E-state index < -0.39 is 5.97 Å². The number of aliphatic carboxylic acids is 1. The molecule has 0 aromatic heterocycles. The summed E-state index contributed by atoms with van der Waals surface area (Å²) in [5, 5.41) is 15.6. The monoisotopic (exact) mass is 220 g/mol. The van der Waals surface area contributed by atoms with Gasteiger partial charge in [0.15, 0.2) is 5.84 Å². The van der Waals surface area contributed by atoms with Crippen LogP contribution in [0.3, 0.4) is 0 Å². The molecule has 6 heteroatoms. The third-order valence-corrected chi connectivity index (χ3v) is 1.84. The Labute approximate surface area is 92.3 Å². The molecule has 1 aromatic carbocycles. The van der Waals surface area contributed by atoms with Gasteiger partial charge in [0.1, 0.15) is 6.34 Å². The standard InChI is InChI=1S/C10H12N4O2/c11-6-13-14-10(12)8-3-1-7(2-4-8)5-9(15)16/h1-4,6H,5H2,(H2,11,13)(H2,12,14)(H,15,16). The van der Waals surface area contributed by atoms with Gasteiger partial charge in [0.05, 0.1) is 6.42 Å². The summed E-state index contributed by atoms with van der Waals surface area (Å²) in [6, 6.07) is 6.72. The molecule has 0 radical (unpaired) electrons.